The molecule has 1 amide bonds. The van der Waals surface area contributed by atoms with Gasteiger partial charge < -0.3 is 20.4 Å². The standard InChI is InChI=1S/C23H25N7O2/c1-14-4-3-5-15(10-14)16-12-25-30(13-16)23-27-18-11-19(32-20(18)21(24)28-23)22(31)26-17-6-8-29(2)9-7-17/h3-5,10-13,17H,6-9H2,1-2H3,(H,26,31)(H2,24,27,28). The molecule has 1 aliphatic rings. The van der Waals surface area contributed by atoms with Crippen molar-refractivity contribution < 1.29 is 9.21 Å². The number of likely N-dealkylation sites (tertiary alicyclic amines) is 1. The monoisotopic (exact) mass is 431 g/mol. The molecular formula is C23H25N7O2. The van der Waals surface area contributed by atoms with Crippen LogP contribution in [0.5, 0.6) is 0 Å². The lowest BCUT2D eigenvalue weighted by molar-refractivity contribution is 0.0891. The number of nitrogen functional groups attached to an aromatic ring is 1. The number of nitrogens with two attached hydrogens (primary N) is 1. The molecule has 32 heavy (non-hydrogen) atoms. The minimum atomic E-state index is -0.265. The highest BCUT2D eigenvalue weighted by molar-refractivity contribution is 5.97. The summed E-state index contributed by atoms with van der Waals surface area (Å²) in [4.78, 5) is 23.8. The van der Waals surface area contributed by atoms with Crippen LogP contribution < -0.4 is 11.1 Å². The summed E-state index contributed by atoms with van der Waals surface area (Å²) in [5.41, 5.74) is 10.1. The number of amides is 1. The number of carbonyl (C=O) groups is 1. The van der Waals surface area contributed by atoms with Crippen molar-refractivity contribution in [1.82, 2.24) is 30.0 Å². The van der Waals surface area contributed by atoms with E-state index in [1.54, 1.807) is 16.9 Å². The van der Waals surface area contributed by atoms with Crippen LogP contribution in [-0.4, -0.2) is 56.7 Å². The number of piperidine rings is 1. The molecule has 9 nitrogen and oxygen atoms in total. The molecule has 0 bridgehead atoms. The van der Waals surface area contributed by atoms with Gasteiger partial charge in [-0.3, -0.25) is 4.79 Å². The number of carbonyl (C=O) groups excluding carboxylic acids is 1. The van der Waals surface area contributed by atoms with Gasteiger partial charge in [0.05, 0.1) is 6.20 Å². The van der Waals surface area contributed by atoms with E-state index in [1.165, 1.54) is 5.56 Å². The fourth-order valence-electron chi connectivity index (χ4n) is 3.97. The van der Waals surface area contributed by atoms with Gasteiger partial charge in [0.15, 0.2) is 17.2 Å². The number of rotatable bonds is 4. The largest absolute Gasteiger partial charge is 0.445 e. The van der Waals surface area contributed by atoms with Gasteiger partial charge in [0.25, 0.3) is 11.9 Å². The lowest BCUT2D eigenvalue weighted by Gasteiger charge is -2.29. The molecule has 0 unspecified atom stereocenters. The number of aryl methyl sites for hydroxylation is 1. The Labute approximate surface area is 185 Å². The summed E-state index contributed by atoms with van der Waals surface area (Å²) in [6.07, 6.45) is 5.44. The van der Waals surface area contributed by atoms with Crippen LogP contribution in [0.1, 0.15) is 29.0 Å². The molecule has 0 atom stereocenters. The number of aromatic nitrogens is 4. The fraction of sp³-hybridized carbons (Fsp3) is 0.304. The summed E-state index contributed by atoms with van der Waals surface area (Å²) in [6.45, 7) is 3.97. The summed E-state index contributed by atoms with van der Waals surface area (Å²) in [7, 11) is 2.08. The Morgan fingerprint density at radius 3 is 2.78 bits per heavy atom. The van der Waals surface area contributed by atoms with Gasteiger partial charge in [-0.05, 0) is 45.5 Å². The molecule has 0 aliphatic carbocycles. The highest BCUT2D eigenvalue weighted by atomic mass is 16.3. The van der Waals surface area contributed by atoms with Gasteiger partial charge in [0, 0.05) is 23.9 Å². The second kappa shape index (κ2) is 8.08. The van der Waals surface area contributed by atoms with E-state index in [4.69, 9.17) is 10.2 Å². The molecule has 0 saturated carbocycles. The van der Waals surface area contributed by atoms with Gasteiger partial charge in [0.2, 0.25) is 0 Å². The van der Waals surface area contributed by atoms with Gasteiger partial charge in [-0.15, -0.1) is 0 Å². The quantitative estimate of drug-likeness (QED) is 0.510. The van der Waals surface area contributed by atoms with Gasteiger partial charge in [-0.2, -0.15) is 10.1 Å². The van der Waals surface area contributed by atoms with Crippen LogP contribution in [0.2, 0.25) is 0 Å². The topological polar surface area (TPSA) is 115 Å². The maximum Gasteiger partial charge on any atom is 0.287 e. The molecule has 1 saturated heterocycles. The fourth-order valence-corrected chi connectivity index (χ4v) is 3.97. The van der Waals surface area contributed by atoms with Crippen LogP contribution in [-0.2, 0) is 0 Å². The maximum absolute atomic E-state index is 12.7. The van der Waals surface area contributed by atoms with Crippen LogP contribution in [0.3, 0.4) is 0 Å². The number of hydrogen-bond donors (Lipinski definition) is 2. The Bertz CT molecular complexity index is 1280. The molecule has 0 radical (unpaired) electrons. The molecule has 164 valence electrons. The number of nitrogens with zero attached hydrogens (tertiary/aromatic N) is 5. The summed E-state index contributed by atoms with van der Waals surface area (Å²) in [5.74, 6) is 0.394. The minimum Gasteiger partial charge on any atom is -0.445 e. The average Bonchev–Trinajstić information content (AvgIpc) is 3.43. The highest BCUT2D eigenvalue weighted by Gasteiger charge is 2.22. The van der Waals surface area contributed by atoms with Crippen LogP contribution in [0, 0.1) is 6.92 Å². The van der Waals surface area contributed by atoms with Crippen molar-refractivity contribution in [3.05, 3.63) is 54.0 Å². The van der Waals surface area contributed by atoms with Crippen molar-refractivity contribution >= 4 is 22.8 Å². The van der Waals surface area contributed by atoms with Crippen molar-refractivity contribution in [2.24, 2.45) is 0 Å². The Morgan fingerprint density at radius 2 is 2.00 bits per heavy atom. The van der Waals surface area contributed by atoms with E-state index in [0.29, 0.717) is 17.0 Å². The predicted molar refractivity (Wildman–Crippen MR) is 121 cm³/mol. The molecule has 3 N–H and O–H groups in total. The molecule has 5 rings (SSSR count). The molecule has 9 heteroatoms. The number of hydrogen-bond acceptors (Lipinski definition) is 7. The lowest BCUT2D eigenvalue weighted by atomic mass is 10.1. The second-order valence-corrected chi connectivity index (χ2v) is 8.33. The van der Waals surface area contributed by atoms with E-state index in [-0.39, 0.29) is 23.5 Å². The Hall–Kier alpha value is -3.72. The number of nitrogens with one attached hydrogen (secondary N) is 1. The van der Waals surface area contributed by atoms with E-state index < -0.39 is 0 Å². The van der Waals surface area contributed by atoms with Gasteiger partial charge >= 0.3 is 0 Å². The molecule has 3 aromatic heterocycles. The average molecular weight is 432 g/mol. The zero-order valence-corrected chi connectivity index (χ0v) is 18.1. The third-order valence-corrected chi connectivity index (χ3v) is 5.80. The first-order chi connectivity index (χ1) is 15.5. The molecular weight excluding hydrogens is 406 g/mol. The van der Waals surface area contributed by atoms with E-state index in [2.05, 4.69) is 38.4 Å². The summed E-state index contributed by atoms with van der Waals surface area (Å²) < 4.78 is 7.27. The van der Waals surface area contributed by atoms with Crippen LogP contribution in [0.15, 0.2) is 47.1 Å². The predicted octanol–water partition coefficient (Wildman–Crippen LogP) is 2.79. The highest BCUT2D eigenvalue weighted by Crippen LogP contribution is 2.25. The normalized spacial score (nSPS) is 15.3. The Morgan fingerprint density at radius 1 is 1.19 bits per heavy atom. The van der Waals surface area contributed by atoms with Crippen molar-refractivity contribution in [1.29, 1.82) is 0 Å². The van der Waals surface area contributed by atoms with Crippen molar-refractivity contribution in [2.75, 3.05) is 25.9 Å². The summed E-state index contributed by atoms with van der Waals surface area (Å²) in [5, 5.41) is 7.43. The number of anilines is 1. The summed E-state index contributed by atoms with van der Waals surface area (Å²) >= 11 is 0. The van der Waals surface area contributed by atoms with E-state index in [1.807, 2.05) is 31.3 Å². The molecule has 1 aromatic carbocycles. The van der Waals surface area contributed by atoms with Crippen molar-refractivity contribution in [3.8, 4) is 17.1 Å². The molecule has 1 fully saturated rings. The van der Waals surface area contributed by atoms with E-state index in [0.717, 1.165) is 37.1 Å². The van der Waals surface area contributed by atoms with Crippen LogP contribution in [0.25, 0.3) is 28.2 Å². The number of fused-ring (bicyclic) bond motifs is 1. The van der Waals surface area contributed by atoms with E-state index >= 15 is 0 Å². The minimum absolute atomic E-state index is 0.134. The van der Waals surface area contributed by atoms with E-state index in [9.17, 15) is 4.79 Å². The lowest BCUT2D eigenvalue weighted by Crippen LogP contribution is -2.43. The second-order valence-electron chi connectivity index (χ2n) is 8.33. The van der Waals surface area contributed by atoms with Gasteiger partial charge in [-0.25, -0.2) is 9.67 Å². The zero-order valence-electron chi connectivity index (χ0n) is 18.1. The molecule has 0 spiro atoms. The van der Waals surface area contributed by atoms with Crippen LogP contribution in [0.4, 0.5) is 5.82 Å². The molecule has 4 heterocycles. The third-order valence-electron chi connectivity index (χ3n) is 5.80. The third kappa shape index (κ3) is 3.94. The Kier molecular flexibility index (Phi) is 5.10. The first kappa shape index (κ1) is 20.2. The number of benzene rings is 1. The number of furan rings is 1. The smallest absolute Gasteiger partial charge is 0.287 e. The molecule has 4 aromatic rings. The zero-order chi connectivity index (χ0) is 22.2. The van der Waals surface area contributed by atoms with Gasteiger partial charge in [0.1, 0.15) is 5.52 Å². The summed E-state index contributed by atoms with van der Waals surface area (Å²) in [6, 6.07) is 9.90. The van der Waals surface area contributed by atoms with Crippen molar-refractivity contribution in [2.45, 2.75) is 25.8 Å². The molecule has 1 aliphatic heterocycles. The Balaban J connectivity index is 1.40. The SMILES string of the molecule is Cc1cccc(-c2cnn(-c3nc(N)c4oc(C(=O)NC5CCN(C)CC5)cc4n3)c2)c1. The van der Waals surface area contributed by atoms with Crippen molar-refractivity contribution in [3.63, 3.8) is 0 Å². The first-order valence-corrected chi connectivity index (χ1v) is 10.6. The van der Waals surface area contributed by atoms with Gasteiger partial charge in [-0.1, -0.05) is 29.8 Å². The van der Waals surface area contributed by atoms with Crippen LogP contribution >= 0.6 is 0 Å². The maximum atomic E-state index is 12.7. The first-order valence-electron chi connectivity index (χ1n) is 10.6.